The van der Waals surface area contributed by atoms with Gasteiger partial charge in [-0.1, -0.05) is 11.6 Å². The Morgan fingerprint density at radius 2 is 1.92 bits per heavy atom. The van der Waals surface area contributed by atoms with Crippen LogP contribution in [-0.4, -0.2) is 82.8 Å². The van der Waals surface area contributed by atoms with E-state index in [1.54, 1.807) is 18.2 Å². The van der Waals surface area contributed by atoms with Crippen LogP contribution in [0.5, 0.6) is 0 Å². The molecule has 0 bridgehead atoms. The second-order valence-electron chi connectivity index (χ2n) is 5.51. The number of hydrogen-bond acceptors (Lipinski definition) is 8. The van der Waals surface area contributed by atoms with E-state index in [1.807, 2.05) is 24.4 Å². The molecule has 10 heteroatoms. The number of carbonyl (C=O) groups is 1. The average molecular weight is 376 g/mol. The van der Waals surface area contributed by atoms with Crippen LogP contribution in [0.25, 0.3) is 0 Å². The first-order chi connectivity index (χ1) is 11.7. The highest BCUT2D eigenvalue weighted by Crippen LogP contribution is 2.21. The van der Waals surface area contributed by atoms with Gasteiger partial charge in [-0.05, 0) is 18.2 Å². The number of hydrogen-bond donors (Lipinski definition) is 6. The molecule has 0 aliphatic heterocycles. The lowest BCUT2D eigenvalue weighted by Crippen LogP contribution is -2.50. The second-order valence-corrected chi connectivity index (χ2v) is 5.92. The molecule has 9 nitrogen and oxygen atoms in total. The predicted octanol–water partition coefficient (Wildman–Crippen LogP) is -1.71. The largest absolute Gasteiger partial charge is 0.394 e. The number of amides is 1. The van der Waals surface area contributed by atoms with Gasteiger partial charge in [-0.15, -0.1) is 0 Å². The van der Waals surface area contributed by atoms with Crippen molar-refractivity contribution in [3.8, 4) is 0 Å². The molecule has 6 N–H and O–H groups in total. The van der Waals surface area contributed by atoms with Crippen LogP contribution in [0, 0.1) is 0 Å². The van der Waals surface area contributed by atoms with Crippen LogP contribution < -0.4 is 10.3 Å². The van der Waals surface area contributed by atoms with Crippen molar-refractivity contribution in [2.75, 3.05) is 25.6 Å². The summed E-state index contributed by atoms with van der Waals surface area (Å²) < 4.78 is 0. The van der Waals surface area contributed by atoms with Crippen LogP contribution in [0.1, 0.15) is 5.56 Å². The number of rotatable bonds is 8. The van der Waals surface area contributed by atoms with E-state index in [2.05, 4.69) is 5.10 Å². The summed E-state index contributed by atoms with van der Waals surface area (Å²) >= 11 is 6.09. The maximum atomic E-state index is 11.7. The first-order valence-electron chi connectivity index (χ1n) is 7.32. The van der Waals surface area contributed by atoms with E-state index in [-0.39, 0.29) is 0 Å². The third-order valence-corrected chi connectivity index (χ3v) is 3.73. The summed E-state index contributed by atoms with van der Waals surface area (Å²) in [6.07, 6.45) is -6.41. The maximum absolute atomic E-state index is 11.7. The number of hydrazone groups is 1. The molecule has 0 spiro atoms. The summed E-state index contributed by atoms with van der Waals surface area (Å²) in [5.74, 6) is -1.10. The van der Waals surface area contributed by atoms with E-state index >= 15 is 0 Å². The van der Waals surface area contributed by atoms with Crippen molar-refractivity contribution in [3.05, 3.63) is 28.8 Å². The highest BCUT2D eigenvalue weighted by molar-refractivity contribution is 6.33. The molecule has 1 amide bonds. The van der Waals surface area contributed by atoms with Crippen LogP contribution in [0.2, 0.25) is 5.02 Å². The number of carbonyl (C=O) groups excluding carboxylic acids is 1. The summed E-state index contributed by atoms with van der Waals surface area (Å²) in [5.41, 5.74) is 3.37. The van der Waals surface area contributed by atoms with Gasteiger partial charge in [0.2, 0.25) is 0 Å². The van der Waals surface area contributed by atoms with Gasteiger partial charge in [0.05, 0.1) is 17.8 Å². The molecule has 4 unspecified atom stereocenters. The Hall–Kier alpha value is -1.75. The van der Waals surface area contributed by atoms with Crippen molar-refractivity contribution in [3.63, 3.8) is 0 Å². The Balaban J connectivity index is 2.68. The lowest BCUT2D eigenvalue weighted by molar-refractivity contribution is -0.148. The minimum atomic E-state index is -2.06. The van der Waals surface area contributed by atoms with Gasteiger partial charge in [-0.3, -0.25) is 4.79 Å². The molecule has 1 aromatic rings. The van der Waals surface area contributed by atoms with Crippen LogP contribution in [0.15, 0.2) is 23.3 Å². The third-order valence-electron chi connectivity index (χ3n) is 3.40. The Labute approximate surface area is 149 Å². The van der Waals surface area contributed by atoms with Gasteiger partial charge >= 0.3 is 0 Å². The summed E-state index contributed by atoms with van der Waals surface area (Å²) in [6, 6.07) is 5.18. The van der Waals surface area contributed by atoms with Gasteiger partial charge in [0.1, 0.15) is 18.3 Å². The molecule has 0 heterocycles. The fraction of sp³-hybridized carbons (Fsp3) is 0.467. The monoisotopic (exact) mass is 375 g/mol. The van der Waals surface area contributed by atoms with Crippen molar-refractivity contribution >= 4 is 29.4 Å². The Bertz CT molecular complexity index is 613. The Morgan fingerprint density at radius 3 is 2.44 bits per heavy atom. The van der Waals surface area contributed by atoms with Gasteiger partial charge < -0.3 is 30.4 Å². The fourth-order valence-corrected chi connectivity index (χ4v) is 2.03. The Kier molecular flexibility index (Phi) is 8.23. The minimum absolute atomic E-state index is 0.395. The van der Waals surface area contributed by atoms with E-state index in [1.165, 1.54) is 6.21 Å². The summed E-state index contributed by atoms with van der Waals surface area (Å²) in [7, 11) is 3.71. The highest BCUT2D eigenvalue weighted by Gasteiger charge is 2.34. The lowest BCUT2D eigenvalue weighted by atomic mass is 10.0. The zero-order chi connectivity index (χ0) is 19.1. The molecule has 140 valence electrons. The standard InChI is InChI=1S/C15H22ClN3O6/c1-19(2)9-4-3-8(10(16)5-9)6-17-18-15(25)14(24)13(23)12(22)11(21)7-20/h3-6,11-14,20-24H,7H2,1-2H3,(H,18,25)/b17-6+. The van der Waals surface area contributed by atoms with Gasteiger partial charge in [-0.2, -0.15) is 5.10 Å². The molecule has 0 saturated carbocycles. The highest BCUT2D eigenvalue weighted by atomic mass is 35.5. The molecular weight excluding hydrogens is 354 g/mol. The topological polar surface area (TPSA) is 146 Å². The molecule has 1 rings (SSSR count). The molecule has 1 aromatic carbocycles. The summed E-state index contributed by atoms with van der Waals surface area (Å²) in [4.78, 5) is 13.5. The van der Waals surface area contributed by atoms with Crippen molar-refractivity contribution in [1.29, 1.82) is 0 Å². The fourth-order valence-electron chi connectivity index (χ4n) is 1.81. The number of halogens is 1. The van der Waals surface area contributed by atoms with E-state index in [9.17, 15) is 25.2 Å². The van der Waals surface area contributed by atoms with Crippen LogP contribution in [0.3, 0.4) is 0 Å². The quantitative estimate of drug-likeness (QED) is 0.234. The van der Waals surface area contributed by atoms with E-state index < -0.39 is 36.9 Å². The maximum Gasteiger partial charge on any atom is 0.271 e. The first kappa shape index (κ1) is 21.3. The SMILES string of the molecule is CN(C)c1ccc(/C=N/NC(=O)C(O)C(O)C(O)C(O)CO)c(Cl)c1. The number of nitrogens with zero attached hydrogens (tertiary/aromatic N) is 2. The summed E-state index contributed by atoms with van der Waals surface area (Å²) in [6.45, 7) is -0.841. The lowest BCUT2D eigenvalue weighted by Gasteiger charge is -2.24. The molecule has 4 atom stereocenters. The number of nitrogens with one attached hydrogen (secondary N) is 1. The van der Waals surface area contributed by atoms with Crippen molar-refractivity contribution in [2.24, 2.45) is 5.10 Å². The zero-order valence-electron chi connectivity index (χ0n) is 13.7. The van der Waals surface area contributed by atoms with Crippen LogP contribution >= 0.6 is 11.6 Å². The molecule has 0 radical (unpaired) electrons. The number of aliphatic hydroxyl groups excluding tert-OH is 5. The minimum Gasteiger partial charge on any atom is -0.394 e. The molecule has 0 aromatic heterocycles. The second kappa shape index (κ2) is 9.66. The molecule has 0 aliphatic carbocycles. The van der Waals surface area contributed by atoms with Gasteiger partial charge in [0.25, 0.3) is 5.91 Å². The molecule has 25 heavy (non-hydrogen) atoms. The zero-order valence-corrected chi connectivity index (χ0v) is 14.5. The molecule has 0 fully saturated rings. The average Bonchev–Trinajstić information content (AvgIpc) is 2.59. The van der Waals surface area contributed by atoms with E-state index in [0.29, 0.717) is 10.6 Å². The van der Waals surface area contributed by atoms with E-state index in [0.717, 1.165) is 5.69 Å². The van der Waals surface area contributed by atoms with E-state index in [4.69, 9.17) is 16.7 Å². The van der Waals surface area contributed by atoms with Crippen LogP contribution in [-0.2, 0) is 4.79 Å². The number of benzene rings is 1. The normalized spacial score (nSPS) is 16.3. The molecular formula is C15H22ClN3O6. The number of anilines is 1. The van der Waals surface area contributed by atoms with Gasteiger partial charge in [0, 0.05) is 25.3 Å². The Morgan fingerprint density at radius 1 is 1.28 bits per heavy atom. The van der Waals surface area contributed by atoms with Crippen LogP contribution in [0.4, 0.5) is 5.69 Å². The smallest absolute Gasteiger partial charge is 0.271 e. The number of aliphatic hydroxyl groups is 5. The van der Waals surface area contributed by atoms with Gasteiger partial charge in [0.15, 0.2) is 6.10 Å². The van der Waals surface area contributed by atoms with Crippen molar-refractivity contribution in [1.82, 2.24) is 5.43 Å². The van der Waals surface area contributed by atoms with Crippen molar-refractivity contribution in [2.45, 2.75) is 24.4 Å². The van der Waals surface area contributed by atoms with Crippen molar-refractivity contribution < 1.29 is 30.3 Å². The molecule has 0 aliphatic rings. The predicted molar refractivity (Wildman–Crippen MR) is 92.6 cm³/mol. The first-order valence-corrected chi connectivity index (χ1v) is 7.69. The molecule has 0 saturated heterocycles. The third kappa shape index (κ3) is 5.92. The van der Waals surface area contributed by atoms with Gasteiger partial charge in [-0.25, -0.2) is 5.43 Å². The summed E-state index contributed by atoms with van der Waals surface area (Å²) in [5, 5.41) is 50.6.